The van der Waals surface area contributed by atoms with Crippen molar-refractivity contribution in [3.8, 4) is 0 Å². The standard InChI is InChI=1S/C14H13ClN4O2S/c1-8-2-3-10(5-11(8)15)19-6-9(4-12(19)20)13(21)17-14-18-16-7-22-14/h2-3,5,7,9H,4,6H2,1H3,(H,17,18,21)/t9-/m0/s1. The molecule has 2 heterocycles. The van der Waals surface area contributed by atoms with Gasteiger partial charge in [-0.15, -0.1) is 10.2 Å². The molecule has 6 nitrogen and oxygen atoms in total. The lowest BCUT2D eigenvalue weighted by atomic mass is 10.1. The minimum Gasteiger partial charge on any atom is -0.312 e. The summed E-state index contributed by atoms with van der Waals surface area (Å²) in [5.74, 6) is -0.709. The van der Waals surface area contributed by atoms with E-state index in [2.05, 4.69) is 15.5 Å². The largest absolute Gasteiger partial charge is 0.312 e. The van der Waals surface area contributed by atoms with Crippen LogP contribution in [0.2, 0.25) is 5.02 Å². The van der Waals surface area contributed by atoms with Crippen molar-refractivity contribution in [3.05, 3.63) is 34.3 Å². The first-order chi connectivity index (χ1) is 10.5. The van der Waals surface area contributed by atoms with Gasteiger partial charge in [-0.25, -0.2) is 0 Å². The molecule has 0 radical (unpaired) electrons. The van der Waals surface area contributed by atoms with Crippen LogP contribution in [0.4, 0.5) is 10.8 Å². The third-order valence-electron chi connectivity index (χ3n) is 3.55. The number of amides is 2. The van der Waals surface area contributed by atoms with E-state index in [0.717, 1.165) is 5.56 Å². The predicted molar refractivity (Wildman–Crippen MR) is 85.2 cm³/mol. The van der Waals surface area contributed by atoms with Crippen LogP contribution in [0.25, 0.3) is 0 Å². The molecule has 1 aromatic heterocycles. The Morgan fingerprint density at radius 2 is 2.32 bits per heavy atom. The number of halogens is 1. The Hall–Kier alpha value is -1.99. The van der Waals surface area contributed by atoms with Crippen LogP contribution in [-0.2, 0) is 9.59 Å². The van der Waals surface area contributed by atoms with Gasteiger partial charge in [-0.1, -0.05) is 29.0 Å². The molecule has 0 aliphatic carbocycles. The first-order valence-corrected chi connectivity index (χ1v) is 7.94. The van der Waals surface area contributed by atoms with Crippen LogP contribution in [-0.4, -0.2) is 28.6 Å². The number of aromatic nitrogens is 2. The smallest absolute Gasteiger partial charge is 0.231 e. The van der Waals surface area contributed by atoms with E-state index in [1.54, 1.807) is 11.0 Å². The molecule has 0 unspecified atom stereocenters. The predicted octanol–water partition coefficient (Wildman–Crippen LogP) is 2.49. The first kappa shape index (κ1) is 14.9. The van der Waals surface area contributed by atoms with Crippen molar-refractivity contribution >= 4 is 45.6 Å². The highest BCUT2D eigenvalue weighted by Crippen LogP contribution is 2.29. The second-order valence-electron chi connectivity index (χ2n) is 5.07. The fourth-order valence-corrected chi connectivity index (χ4v) is 2.94. The van der Waals surface area contributed by atoms with Crippen molar-refractivity contribution in [2.24, 2.45) is 5.92 Å². The number of hydrogen-bond donors (Lipinski definition) is 1. The van der Waals surface area contributed by atoms with Gasteiger partial charge in [0.05, 0.1) is 5.92 Å². The van der Waals surface area contributed by atoms with E-state index < -0.39 is 5.92 Å². The van der Waals surface area contributed by atoms with Crippen LogP contribution in [0, 0.1) is 12.8 Å². The molecule has 114 valence electrons. The maximum atomic E-state index is 12.2. The highest BCUT2D eigenvalue weighted by atomic mass is 35.5. The van der Waals surface area contributed by atoms with Crippen LogP contribution in [0.3, 0.4) is 0 Å². The number of nitrogens with zero attached hydrogens (tertiary/aromatic N) is 3. The number of carbonyl (C=O) groups excluding carboxylic acids is 2. The minimum atomic E-state index is -0.406. The molecule has 1 aromatic carbocycles. The molecule has 1 atom stereocenters. The van der Waals surface area contributed by atoms with E-state index in [4.69, 9.17) is 11.6 Å². The van der Waals surface area contributed by atoms with Crippen molar-refractivity contribution in [1.29, 1.82) is 0 Å². The Bertz CT molecular complexity index is 720. The Labute approximate surface area is 136 Å². The summed E-state index contributed by atoms with van der Waals surface area (Å²) >= 11 is 7.34. The lowest BCUT2D eigenvalue weighted by Crippen LogP contribution is -2.28. The topological polar surface area (TPSA) is 75.2 Å². The summed E-state index contributed by atoms with van der Waals surface area (Å²) in [4.78, 5) is 25.9. The van der Waals surface area contributed by atoms with Gasteiger partial charge in [-0.3, -0.25) is 9.59 Å². The summed E-state index contributed by atoms with van der Waals surface area (Å²) in [6.45, 7) is 2.24. The number of hydrogen-bond acceptors (Lipinski definition) is 5. The van der Waals surface area contributed by atoms with Gasteiger partial charge < -0.3 is 10.2 Å². The van der Waals surface area contributed by atoms with Crippen molar-refractivity contribution < 1.29 is 9.59 Å². The zero-order valence-corrected chi connectivity index (χ0v) is 13.3. The molecular formula is C14H13ClN4O2S. The molecule has 1 aliphatic rings. The second kappa shape index (κ2) is 6.02. The molecule has 8 heteroatoms. The average Bonchev–Trinajstić information content (AvgIpc) is 3.11. The molecule has 1 saturated heterocycles. The zero-order valence-electron chi connectivity index (χ0n) is 11.7. The molecule has 1 aliphatic heterocycles. The molecule has 1 N–H and O–H groups in total. The first-order valence-electron chi connectivity index (χ1n) is 6.68. The molecule has 22 heavy (non-hydrogen) atoms. The van der Waals surface area contributed by atoms with E-state index in [1.165, 1.54) is 16.8 Å². The second-order valence-corrected chi connectivity index (χ2v) is 6.31. The van der Waals surface area contributed by atoms with Gasteiger partial charge >= 0.3 is 0 Å². The van der Waals surface area contributed by atoms with E-state index in [-0.39, 0.29) is 18.2 Å². The quantitative estimate of drug-likeness (QED) is 0.934. The fraction of sp³-hybridized carbons (Fsp3) is 0.286. The minimum absolute atomic E-state index is 0.0858. The third kappa shape index (κ3) is 2.95. The van der Waals surface area contributed by atoms with Gasteiger partial charge in [0, 0.05) is 23.7 Å². The van der Waals surface area contributed by atoms with E-state index in [1.807, 2.05) is 19.1 Å². The summed E-state index contributed by atoms with van der Waals surface area (Å²) in [7, 11) is 0. The summed E-state index contributed by atoms with van der Waals surface area (Å²) < 4.78 is 0. The molecule has 3 rings (SSSR count). The third-order valence-corrected chi connectivity index (χ3v) is 4.57. The summed E-state index contributed by atoms with van der Waals surface area (Å²) in [5, 5.41) is 11.1. The van der Waals surface area contributed by atoms with Crippen molar-refractivity contribution in [2.45, 2.75) is 13.3 Å². The van der Waals surface area contributed by atoms with Crippen LogP contribution >= 0.6 is 22.9 Å². The monoisotopic (exact) mass is 336 g/mol. The Balaban J connectivity index is 1.72. The maximum absolute atomic E-state index is 12.2. The normalized spacial score (nSPS) is 17.8. The summed E-state index contributed by atoms with van der Waals surface area (Å²) in [6.07, 6.45) is 0.177. The maximum Gasteiger partial charge on any atom is 0.231 e. The molecule has 1 fully saturated rings. The van der Waals surface area contributed by atoms with Crippen LogP contribution in [0.1, 0.15) is 12.0 Å². The van der Waals surface area contributed by atoms with Gasteiger partial charge in [0.15, 0.2) is 0 Å². The lowest BCUT2D eigenvalue weighted by Gasteiger charge is -2.17. The molecule has 2 aromatic rings. The summed E-state index contributed by atoms with van der Waals surface area (Å²) in [5.41, 5.74) is 3.20. The van der Waals surface area contributed by atoms with Crippen molar-refractivity contribution in [3.63, 3.8) is 0 Å². The van der Waals surface area contributed by atoms with E-state index in [0.29, 0.717) is 22.4 Å². The van der Waals surface area contributed by atoms with Crippen LogP contribution in [0.5, 0.6) is 0 Å². The highest BCUT2D eigenvalue weighted by Gasteiger charge is 2.35. The van der Waals surface area contributed by atoms with Gasteiger partial charge in [-0.05, 0) is 24.6 Å². The lowest BCUT2D eigenvalue weighted by molar-refractivity contribution is -0.122. The fourth-order valence-electron chi connectivity index (χ4n) is 2.32. The van der Waals surface area contributed by atoms with Crippen molar-refractivity contribution in [1.82, 2.24) is 10.2 Å². The zero-order chi connectivity index (χ0) is 15.7. The van der Waals surface area contributed by atoms with Gasteiger partial charge in [-0.2, -0.15) is 0 Å². The molecule has 0 spiro atoms. The Morgan fingerprint density at radius 3 is 3.00 bits per heavy atom. The van der Waals surface area contributed by atoms with Gasteiger partial charge in [0.25, 0.3) is 0 Å². The molecule has 2 amide bonds. The number of aryl methyl sites for hydroxylation is 1. The van der Waals surface area contributed by atoms with Crippen LogP contribution < -0.4 is 10.2 Å². The molecule has 0 bridgehead atoms. The summed E-state index contributed by atoms with van der Waals surface area (Å²) in [6, 6.07) is 5.45. The van der Waals surface area contributed by atoms with Crippen molar-refractivity contribution in [2.75, 3.05) is 16.8 Å². The number of benzene rings is 1. The highest BCUT2D eigenvalue weighted by molar-refractivity contribution is 7.13. The Kier molecular flexibility index (Phi) is 4.08. The Morgan fingerprint density at radius 1 is 1.50 bits per heavy atom. The molecule has 0 saturated carbocycles. The molecular weight excluding hydrogens is 324 g/mol. The van der Waals surface area contributed by atoms with E-state index in [9.17, 15) is 9.59 Å². The van der Waals surface area contributed by atoms with E-state index >= 15 is 0 Å². The number of rotatable bonds is 3. The number of carbonyl (C=O) groups is 2. The van der Waals surface area contributed by atoms with Gasteiger partial charge in [0.1, 0.15) is 5.51 Å². The van der Waals surface area contributed by atoms with Gasteiger partial charge in [0.2, 0.25) is 16.9 Å². The SMILES string of the molecule is Cc1ccc(N2C[C@@H](C(=O)Nc3nncs3)CC2=O)cc1Cl. The number of anilines is 2. The average molecular weight is 337 g/mol. The number of nitrogens with one attached hydrogen (secondary N) is 1. The van der Waals surface area contributed by atoms with Crippen LogP contribution in [0.15, 0.2) is 23.7 Å².